The average molecular weight is 321 g/mol. The molecular formula is C18H27NO4. The largest absolute Gasteiger partial charge is 0.497 e. The lowest BCUT2D eigenvalue weighted by atomic mass is 10.1. The maximum absolute atomic E-state index is 12.6. The van der Waals surface area contributed by atoms with Crippen molar-refractivity contribution in [1.29, 1.82) is 0 Å². The molecule has 1 aliphatic rings. The van der Waals surface area contributed by atoms with Gasteiger partial charge in [-0.05, 0) is 30.0 Å². The Morgan fingerprint density at radius 2 is 2.09 bits per heavy atom. The van der Waals surface area contributed by atoms with Gasteiger partial charge in [0.1, 0.15) is 5.75 Å². The molecule has 0 N–H and O–H groups in total. The van der Waals surface area contributed by atoms with Crippen LogP contribution in [0.2, 0.25) is 0 Å². The summed E-state index contributed by atoms with van der Waals surface area (Å²) in [6.45, 7) is 6.83. The zero-order valence-corrected chi connectivity index (χ0v) is 14.3. The Morgan fingerprint density at radius 1 is 1.35 bits per heavy atom. The van der Waals surface area contributed by atoms with Gasteiger partial charge in [0.2, 0.25) is 5.91 Å². The maximum atomic E-state index is 12.6. The van der Waals surface area contributed by atoms with Crippen molar-refractivity contribution in [2.75, 3.05) is 26.9 Å². The van der Waals surface area contributed by atoms with Crippen molar-refractivity contribution in [3.8, 4) is 5.75 Å². The number of rotatable bonds is 7. The van der Waals surface area contributed by atoms with Crippen molar-refractivity contribution in [1.82, 2.24) is 4.90 Å². The van der Waals surface area contributed by atoms with Gasteiger partial charge in [0.05, 0.1) is 26.7 Å². The molecule has 23 heavy (non-hydrogen) atoms. The molecule has 1 saturated heterocycles. The highest BCUT2D eigenvalue weighted by Gasteiger charge is 2.23. The number of hydrogen-bond acceptors (Lipinski definition) is 4. The number of carbonyl (C=O) groups is 1. The second-order valence-corrected chi connectivity index (χ2v) is 6.25. The molecule has 128 valence electrons. The fourth-order valence-electron chi connectivity index (χ4n) is 2.61. The van der Waals surface area contributed by atoms with E-state index in [1.165, 1.54) is 0 Å². The van der Waals surface area contributed by atoms with Gasteiger partial charge in [-0.3, -0.25) is 4.79 Å². The van der Waals surface area contributed by atoms with Crippen molar-refractivity contribution < 1.29 is 19.0 Å². The molecule has 0 aliphatic carbocycles. The summed E-state index contributed by atoms with van der Waals surface area (Å²) >= 11 is 0. The Bertz CT molecular complexity index is 498. The van der Waals surface area contributed by atoms with E-state index in [1.54, 1.807) is 7.11 Å². The van der Waals surface area contributed by atoms with E-state index in [0.717, 1.165) is 17.7 Å². The predicted molar refractivity (Wildman–Crippen MR) is 88.2 cm³/mol. The van der Waals surface area contributed by atoms with Gasteiger partial charge >= 0.3 is 0 Å². The van der Waals surface area contributed by atoms with E-state index in [2.05, 4.69) is 13.8 Å². The lowest BCUT2D eigenvalue weighted by Crippen LogP contribution is -2.38. The Hall–Kier alpha value is -1.59. The minimum absolute atomic E-state index is 0.0634. The van der Waals surface area contributed by atoms with Crippen LogP contribution in [0, 0.1) is 5.92 Å². The molecule has 5 nitrogen and oxygen atoms in total. The minimum atomic E-state index is -0.406. The summed E-state index contributed by atoms with van der Waals surface area (Å²) in [5.41, 5.74) is 1.06. The fraction of sp³-hybridized carbons (Fsp3) is 0.611. The van der Waals surface area contributed by atoms with Crippen LogP contribution in [-0.2, 0) is 20.8 Å². The molecule has 0 bridgehead atoms. The summed E-state index contributed by atoms with van der Waals surface area (Å²) in [6.07, 6.45) is 0.761. The van der Waals surface area contributed by atoms with Crippen LogP contribution < -0.4 is 4.74 Å². The number of nitrogens with zero attached hydrogens (tertiary/aromatic N) is 1. The number of carbonyl (C=O) groups excluding carboxylic acids is 1. The highest BCUT2D eigenvalue weighted by atomic mass is 16.7. The van der Waals surface area contributed by atoms with Gasteiger partial charge in [-0.1, -0.05) is 26.0 Å². The molecule has 1 aromatic rings. The molecule has 1 heterocycles. The Labute approximate surface area is 138 Å². The van der Waals surface area contributed by atoms with Gasteiger partial charge in [0.25, 0.3) is 0 Å². The van der Waals surface area contributed by atoms with Gasteiger partial charge < -0.3 is 19.1 Å². The van der Waals surface area contributed by atoms with Gasteiger partial charge in [-0.15, -0.1) is 0 Å². The monoisotopic (exact) mass is 321 g/mol. The first-order chi connectivity index (χ1) is 11.1. The van der Waals surface area contributed by atoms with Gasteiger partial charge in [-0.2, -0.15) is 0 Å². The van der Waals surface area contributed by atoms with E-state index < -0.39 is 6.29 Å². The van der Waals surface area contributed by atoms with Crippen LogP contribution in [0.5, 0.6) is 5.75 Å². The summed E-state index contributed by atoms with van der Waals surface area (Å²) in [5, 5.41) is 0. The molecule has 1 aromatic carbocycles. The Balaban J connectivity index is 2.01. The van der Waals surface area contributed by atoms with E-state index in [-0.39, 0.29) is 12.3 Å². The van der Waals surface area contributed by atoms with Crippen molar-refractivity contribution in [2.45, 2.75) is 39.5 Å². The third-order valence-corrected chi connectivity index (χ3v) is 3.68. The summed E-state index contributed by atoms with van der Waals surface area (Å²) in [5.74, 6) is 1.27. The first-order valence-corrected chi connectivity index (χ1v) is 8.22. The quantitative estimate of drug-likeness (QED) is 0.775. The number of hydrogen-bond donors (Lipinski definition) is 0. The summed E-state index contributed by atoms with van der Waals surface area (Å²) in [6, 6.07) is 7.83. The number of benzene rings is 1. The predicted octanol–water partition coefficient (Wildman–Crippen LogP) is 2.83. The molecule has 0 atom stereocenters. The molecular weight excluding hydrogens is 294 g/mol. The number of methoxy groups -OCH3 is 1. The van der Waals surface area contributed by atoms with Crippen molar-refractivity contribution in [3.63, 3.8) is 0 Å². The van der Waals surface area contributed by atoms with Crippen molar-refractivity contribution in [3.05, 3.63) is 29.8 Å². The maximum Gasteiger partial charge on any atom is 0.227 e. The first-order valence-electron chi connectivity index (χ1n) is 8.22. The molecule has 1 aliphatic heterocycles. The molecule has 1 amide bonds. The highest BCUT2D eigenvalue weighted by Crippen LogP contribution is 2.17. The molecule has 0 saturated carbocycles. The lowest BCUT2D eigenvalue weighted by molar-refractivity contribution is -0.187. The topological polar surface area (TPSA) is 48.0 Å². The summed E-state index contributed by atoms with van der Waals surface area (Å²) < 4.78 is 16.3. The second kappa shape index (κ2) is 8.89. The summed E-state index contributed by atoms with van der Waals surface area (Å²) in [4.78, 5) is 14.5. The zero-order valence-electron chi connectivity index (χ0n) is 14.3. The van der Waals surface area contributed by atoms with E-state index in [1.807, 2.05) is 29.2 Å². The van der Waals surface area contributed by atoms with Crippen LogP contribution in [0.25, 0.3) is 0 Å². The van der Waals surface area contributed by atoms with Crippen LogP contribution >= 0.6 is 0 Å². The molecule has 2 rings (SSSR count). The van der Waals surface area contributed by atoms with Gasteiger partial charge in [0, 0.05) is 13.1 Å². The van der Waals surface area contributed by atoms with E-state index in [9.17, 15) is 4.79 Å². The minimum Gasteiger partial charge on any atom is -0.497 e. The Morgan fingerprint density at radius 3 is 2.74 bits per heavy atom. The lowest BCUT2D eigenvalue weighted by Gasteiger charge is -2.28. The smallest absolute Gasteiger partial charge is 0.227 e. The SMILES string of the molecule is COc1cccc(CN(CC(C)C)C(=O)CC2OCCCO2)c1. The average Bonchev–Trinajstić information content (AvgIpc) is 2.55. The third kappa shape index (κ3) is 5.84. The van der Waals surface area contributed by atoms with Gasteiger partial charge in [0.15, 0.2) is 6.29 Å². The standard InChI is InChI=1S/C18H27NO4/c1-14(2)12-19(13-15-6-4-7-16(10-15)21-3)17(20)11-18-22-8-5-9-23-18/h4,6-7,10,14,18H,5,8-9,11-13H2,1-3H3. The van der Waals surface area contributed by atoms with Crippen LogP contribution in [0.15, 0.2) is 24.3 Å². The second-order valence-electron chi connectivity index (χ2n) is 6.25. The normalized spacial score (nSPS) is 15.7. The highest BCUT2D eigenvalue weighted by molar-refractivity contribution is 5.76. The number of ether oxygens (including phenoxy) is 3. The Kier molecular flexibility index (Phi) is 6.86. The van der Waals surface area contributed by atoms with Gasteiger partial charge in [-0.25, -0.2) is 0 Å². The van der Waals surface area contributed by atoms with Crippen LogP contribution in [0.1, 0.15) is 32.3 Å². The van der Waals surface area contributed by atoms with Crippen molar-refractivity contribution in [2.24, 2.45) is 5.92 Å². The van der Waals surface area contributed by atoms with E-state index in [4.69, 9.17) is 14.2 Å². The third-order valence-electron chi connectivity index (χ3n) is 3.68. The first kappa shape index (κ1) is 17.8. The molecule has 0 spiro atoms. The van der Waals surface area contributed by atoms with Crippen LogP contribution in [0.4, 0.5) is 0 Å². The molecule has 0 aromatic heterocycles. The van der Waals surface area contributed by atoms with Crippen molar-refractivity contribution >= 4 is 5.91 Å². The molecule has 5 heteroatoms. The summed E-state index contributed by atoms with van der Waals surface area (Å²) in [7, 11) is 1.65. The molecule has 0 radical (unpaired) electrons. The molecule has 0 unspecified atom stereocenters. The fourth-order valence-corrected chi connectivity index (χ4v) is 2.61. The van der Waals surface area contributed by atoms with Crippen LogP contribution in [-0.4, -0.2) is 44.0 Å². The van der Waals surface area contributed by atoms with E-state index >= 15 is 0 Å². The zero-order chi connectivity index (χ0) is 16.7. The van der Waals surface area contributed by atoms with Crippen LogP contribution in [0.3, 0.4) is 0 Å². The number of amides is 1. The molecule has 1 fully saturated rings. The van der Waals surface area contributed by atoms with E-state index in [0.29, 0.717) is 32.2 Å².